The highest BCUT2D eigenvalue weighted by molar-refractivity contribution is 5.98. The summed E-state index contributed by atoms with van der Waals surface area (Å²) < 4.78 is 10.7. The van der Waals surface area contributed by atoms with Crippen molar-refractivity contribution >= 4 is 52.4 Å². The first-order chi connectivity index (χ1) is 27.2. The summed E-state index contributed by atoms with van der Waals surface area (Å²) in [5, 5.41) is 30.0. The van der Waals surface area contributed by atoms with Crippen LogP contribution in [0.3, 0.4) is 0 Å². The monoisotopic (exact) mass is 807 g/mol. The molecular weight excluding hydrogens is 748 g/mol. The molecule has 1 saturated heterocycles. The third-order valence-corrected chi connectivity index (χ3v) is 8.58. The van der Waals surface area contributed by atoms with Crippen molar-refractivity contribution in [3.05, 3.63) is 60.4 Å². The van der Waals surface area contributed by atoms with E-state index in [1.165, 1.54) is 0 Å². The number of amides is 5. The van der Waals surface area contributed by atoms with E-state index in [1.54, 1.807) is 41.5 Å². The summed E-state index contributed by atoms with van der Waals surface area (Å²) in [5.41, 5.74) is 4.67. The van der Waals surface area contributed by atoms with Gasteiger partial charge in [-0.1, -0.05) is 69.8 Å². The summed E-state index contributed by atoms with van der Waals surface area (Å²) in [6.45, 7) is 13.5. The Hall–Kier alpha value is -5.87. The van der Waals surface area contributed by atoms with Gasteiger partial charge in [0.1, 0.15) is 35.9 Å². The van der Waals surface area contributed by atoms with Crippen LogP contribution in [0.25, 0.3) is 10.8 Å². The van der Waals surface area contributed by atoms with Gasteiger partial charge in [-0.25, -0.2) is 0 Å². The maximum absolute atomic E-state index is 14.3. The SMILES string of the molecule is C=C(N)NCCCC1NC(=O)C(CCCCN=C([O-])OC(C)(C)C)NC(=O)C(Cc2ccc3ccccc3c2)NC(=O)C(CC(=O)OC(C)(C)C)NC(=O)CNC1=O. The first-order valence-corrected chi connectivity index (χ1v) is 19.5. The Labute approximate surface area is 339 Å². The molecule has 17 heteroatoms. The van der Waals surface area contributed by atoms with E-state index in [0.29, 0.717) is 31.4 Å². The molecule has 5 amide bonds. The predicted molar refractivity (Wildman–Crippen MR) is 216 cm³/mol. The minimum atomic E-state index is -1.49. The topological polar surface area (TPSA) is 254 Å². The number of unbranched alkanes of at least 4 members (excludes halogenated alkanes) is 1. The first kappa shape index (κ1) is 46.5. The van der Waals surface area contributed by atoms with Crippen LogP contribution in [0.15, 0.2) is 59.9 Å². The minimum absolute atomic E-state index is 0.0271. The number of fused-ring (bicyclic) bond motifs is 1. The van der Waals surface area contributed by atoms with Crippen molar-refractivity contribution in [3.8, 4) is 0 Å². The first-order valence-electron chi connectivity index (χ1n) is 19.5. The Bertz CT molecular complexity index is 1820. The van der Waals surface area contributed by atoms with Crippen molar-refractivity contribution in [3.63, 3.8) is 0 Å². The van der Waals surface area contributed by atoms with Crippen molar-refractivity contribution in [1.82, 2.24) is 31.9 Å². The number of hydrogen-bond acceptors (Lipinski definition) is 12. The van der Waals surface area contributed by atoms with Gasteiger partial charge >= 0.3 is 5.97 Å². The summed E-state index contributed by atoms with van der Waals surface area (Å²) in [4.78, 5) is 85.7. The van der Waals surface area contributed by atoms with E-state index < -0.39 is 89.9 Å². The smallest absolute Gasteiger partial charge is 0.308 e. The second-order valence-electron chi connectivity index (χ2n) is 16.1. The third kappa shape index (κ3) is 17.1. The summed E-state index contributed by atoms with van der Waals surface area (Å²) >= 11 is 0. The van der Waals surface area contributed by atoms with Crippen LogP contribution in [0.2, 0.25) is 0 Å². The molecule has 8 N–H and O–H groups in total. The summed E-state index contributed by atoms with van der Waals surface area (Å²) in [7, 11) is 0. The number of nitrogens with one attached hydrogen (secondary N) is 6. The van der Waals surface area contributed by atoms with Crippen LogP contribution in [0, 0.1) is 0 Å². The fraction of sp³-hybridized carbons (Fsp3) is 0.537. The van der Waals surface area contributed by atoms with E-state index in [0.717, 1.165) is 10.8 Å². The Morgan fingerprint density at radius 3 is 2.03 bits per heavy atom. The van der Waals surface area contributed by atoms with Crippen molar-refractivity contribution in [1.29, 1.82) is 0 Å². The molecule has 1 aliphatic rings. The number of aliphatic imine (C=N–C) groups is 1. The molecule has 0 aromatic heterocycles. The Morgan fingerprint density at radius 1 is 0.793 bits per heavy atom. The molecule has 17 nitrogen and oxygen atoms in total. The molecule has 0 bridgehead atoms. The Kier molecular flexibility index (Phi) is 17.3. The van der Waals surface area contributed by atoms with Crippen LogP contribution in [-0.4, -0.2) is 96.6 Å². The number of nitrogens with zero attached hydrogens (tertiary/aromatic N) is 1. The Balaban J connectivity index is 2.00. The number of nitrogens with two attached hydrogens (primary N) is 1. The molecule has 0 saturated carbocycles. The van der Waals surface area contributed by atoms with Crippen LogP contribution in [0.5, 0.6) is 0 Å². The molecule has 2 aromatic carbocycles. The molecule has 1 aliphatic heterocycles. The molecule has 4 atom stereocenters. The zero-order valence-corrected chi connectivity index (χ0v) is 34.3. The average molecular weight is 808 g/mol. The maximum atomic E-state index is 14.3. The highest BCUT2D eigenvalue weighted by Gasteiger charge is 2.34. The van der Waals surface area contributed by atoms with Crippen molar-refractivity contribution in [2.45, 2.75) is 122 Å². The summed E-state index contributed by atoms with van der Waals surface area (Å²) in [5.74, 6) is -4.35. The van der Waals surface area contributed by atoms with Gasteiger partial charge in [-0.05, 0) is 69.2 Å². The fourth-order valence-corrected chi connectivity index (χ4v) is 5.94. The number of carbonyl (C=O) groups excluding carboxylic acids is 6. The molecule has 3 rings (SSSR count). The van der Waals surface area contributed by atoms with Gasteiger partial charge in [-0.15, -0.1) is 0 Å². The molecule has 0 aliphatic carbocycles. The maximum Gasteiger partial charge on any atom is 0.308 e. The van der Waals surface area contributed by atoms with Crippen LogP contribution in [0.1, 0.15) is 85.6 Å². The largest absolute Gasteiger partial charge is 0.595 e. The lowest BCUT2D eigenvalue weighted by molar-refractivity contribution is -0.260. The van der Waals surface area contributed by atoms with E-state index in [9.17, 15) is 33.9 Å². The van der Waals surface area contributed by atoms with E-state index >= 15 is 0 Å². The third-order valence-electron chi connectivity index (χ3n) is 8.58. The van der Waals surface area contributed by atoms with Crippen LogP contribution in [0.4, 0.5) is 0 Å². The van der Waals surface area contributed by atoms with E-state index in [2.05, 4.69) is 43.5 Å². The molecule has 1 heterocycles. The molecule has 0 spiro atoms. The predicted octanol–water partition coefficient (Wildman–Crippen LogP) is 0.685. The van der Waals surface area contributed by atoms with Crippen LogP contribution in [-0.2, 0) is 44.7 Å². The molecule has 58 heavy (non-hydrogen) atoms. The van der Waals surface area contributed by atoms with Gasteiger partial charge in [-0.3, -0.25) is 33.8 Å². The molecule has 0 radical (unpaired) electrons. The van der Waals surface area contributed by atoms with Crippen molar-refractivity contribution < 1.29 is 43.3 Å². The summed E-state index contributed by atoms with van der Waals surface area (Å²) in [6.07, 6.45) is -0.111. The van der Waals surface area contributed by atoms with E-state index in [-0.39, 0.29) is 31.6 Å². The van der Waals surface area contributed by atoms with Gasteiger partial charge < -0.3 is 52.2 Å². The number of hydrogen-bond donors (Lipinski definition) is 7. The van der Waals surface area contributed by atoms with E-state index in [1.807, 2.05) is 42.5 Å². The average Bonchev–Trinajstić information content (AvgIpc) is 3.11. The number of benzene rings is 2. The highest BCUT2D eigenvalue weighted by atomic mass is 16.6. The zero-order chi connectivity index (χ0) is 43.0. The molecule has 318 valence electrons. The van der Waals surface area contributed by atoms with Gasteiger partial charge in [0.25, 0.3) is 0 Å². The number of rotatable bonds is 14. The normalized spacial score (nSPS) is 20.3. The van der Waals surface area contributed by atoms with Crippen molar-refractivity contribution in [2.24, 2.45) is 10.7 Å². The second-order valence-corrected chi connectivity index (χ2v) is 16.1. The quantitative estimate of drug-likeness (QED) is 0.0605. The molecule has 2 aromatic rings. The summed E-state index contributed by atoms with van der Waals surface area (Å²) in [6, 6.07) is 8.04. The molecule has 1 fully saturated rings. The number of ether oxygens (including phenoxy) is 2. The lowest BCUT2D eigenvalue weighted by Gasteiger charge is -2.29. The van der Waals surface area contributed by atoms with Gasteiger partial charge in [-0.2, -0.15) is 0 Å². The van der Waals surface area contributed by atoms with Gasteiger partial charge in [0.15, 0.2) is 0 Å². The number of carbonyl (C=O) groups is 6. The second kappa shape index (κ2) is 21.6. The van der Waals surface area contributed by atoms with Crippen LogP contribution >= 0.6 is 0 Å². The van der Waals surface area contributed by atoms with Crippen molar-refractivity contribution in [2.75, 3.05) is 19.6 Å². The lowest BCUT2D eigenvalue weighted by atomic mass is 10.00. The lowest BCUT2D eigenvalue weighted by Crippen LogP contribution is -2.58. The molecular formula is C41H59N8O9-. The molecule has 4 unspecified atom stereocenters. The zero-order valence-electron chi connectivity index (χ0n) is 34.3. The van der Waals surface area contributed by atoms with E-state index in [4.69, 9.17) is 15.2 Å². The van der Waals surface area contributed by atoms with Gasteiger partial charge in [0, 0.05) is 25.1 Å². The minimum Gasteiger partial charge on any atom is -0.595 e. The van der Waals surface area contributed by atoms with Crippen LogP contribution < -0.4 is 42.7 Å². The van der Waals surface area contributed by atoms with Gasteiger partial charge in [0.05, 0.1) is 18.8 Å². The highest BCUT2D eigenvalue weighted by Crippen LogP contribution is 2.18. The Morgan fingerprint density at radius 2 is 1.38 bits per heavy atom. The number of esters is 1. The fourth-order valence-electron chi connectivity index (χ4n) is 5.94. The van der Waals surface area contributed by atoms with Gasteiger partial charge in [0.2, 0.25) is 29.5 Å². The standard InChI is InChI=1S/C41H60N8O9/c1-25(42)43-20-12-16-29-35(52)45-24-33(50)46-32(23-34(51)57-40(2,3)4)38(55)49-31(22-26-17-18-27-13-8-9-14-28(27)21-26)37(54)48-30(36(53)47-29)15-10-11-19-44-39(56)58-41(5,6)7/h8-9,13-14,17-18,21,29-32,43H,1,10-12,15-16,19-20,22-24,42H2,2-7H3,(H,44,56)(H,45,52)(H,46,50)(H,47,53)(H,48,54)(H,49,55)/p-1.